The summed E-state index contributed by atoms with van der Waals surface area (Å²) < 4.78 is 28.1. The second kappa shape index (κ2) is 3.96. The van der Waals surface area contributed by atoms with Gasteiger partial charge in [0.2, 0.25) is 0 Å². The third-order valence-electron chi connectivity index (χ3n) is 1.76. The summed E-state index contributed by atoms with van der Waals surface area (Å²) in [5.41, 5.74) is 0.626. The highest BCUT2D eigenvalue weighted by molar-refractivity contribution is 8.13. The van der Waals surface area contributed by atoms with Crippen LogP contribution in [0, 0.1) is 0 Å². The van der Waals surface area contributed by atoms with Crippen LogP contribution in [0.1, 0.15) is 5.69 Å². The van der Waals surface area contributed by atoms with E-state index in [1.54, 1.807) is 6.07 Å². The molecule has 2 aromatic rings. The molecule has 0 radical (unpaired) electrons. The zero-order valence-electron chi connectivity index (χ0n) is 8.16. The molecule has 2 rings (SSSR count). The monoisotopic (exact) mass is 262 g/mol. The van der Waals surface area contributed by atoms with Gasteiger partial charge in [-0.05, 0) is 6.07 Å². The van der Waals surface area contributed by atoms with E-state index in [2.05, 4.69) is 15.1 Å². The second-order valence-electron chi connectivity index (χ2n) is 2.93. The minimum Gasteiger partial charge on any atom is -0.378 e. The Morgan fingerprint density at radius 1 is 1.50 bits per heavy atom. The molecule has 0 aliphatic rings. The molecule has 0 amide bonds. The van der Waals surface area contributed by atoms with E-state index < -0.39 is 14.2 Å². The molecule has 0 spiro atoms. The normalized spacial score (nSPS) is 12.1. The number of ether oxygens (including phenoxy) is 1. The van der Waals surface area contributed by atoms with Crippen molar-refractivity contribution < 1.29 is 13.2 Å². The highest BCUT2D eigenvalue weighted by Crippen LogP contribution is 2.10. The minimum absolute atomic E-state index is 0.161. The van der Waals surface area contributed by atoms with E-state index in [1.807, 2.05) is 0 Å². The molecule has 7 nitrogen and oxygen atoms in total. The number of methoxy groups -OCH3 is 1. The van der Waals surface area contributed by atoms with E-state index >= 15 is 0 Å². The highest BCUT2D eigenvalue weighted by Gasteiger charge is 2.17. The lowest BCUT2D eigenvalue weighted by molar-refractivity contribution is 0.181. The fourth-order valence-corrected chi connectivity index (χ4v) is 1.70. The first-order valence-corrected chi connectivity index (χ1v) is 6.47. The first kappa shape index (κ1) is 11.2. The van der Waals surface area contributed by atoms with Gasteiger partial charge >= 0.3 is 0 Å². The smallest absolute Gasteiger partial charge is 0.298 e. The van der Waals surface area contributed by atoms with Crippen LogP contribution in [0.2, 0.25) is 0 Å². The van der Waals surface area contributed by atoms with E-state index in [0.717, 1.165) is 0 Å². The summed E-state index contributed by atoms with van der Waals surface area (Å²) in [5.74, 6) is 0.161. The van der Waals surface area contributed by atoms with Crippen LogP contribution in [0.5, 0.6) is 0 Å². The van der Waals surface area contributed by atoms with E-state index in [9.17, 15) is 8.42 Å². The van der Waals surface area contributed by atoms with Gasteiger partial charge in [0.15, 0.2) is 0 Å². The summed E-state index contributed by atoms with van der Waals surface area (Å²) in [6.07, 6.45) is 1.54. The molecule has 2 aromatic heterocycles. The highest BCUT2D eigenvalue weighted by atomic mass is 35.7. The predicted molar refractivity (Wildman–Crippen MR) is 54.5 cm³/mol. The van der Waals surface area contributed by atoms with Gasteiger partial charge < -0.3 is 4.74 Å². The first-order valence-electron chi connectivity index (χ1n) is 4.16. The van der Waals surface area contributed by atoms with Crippen LogP contribution < -0.4 is 0 Å². The molecule has 0 aliphatic heterocycles. The molecule has 2 heterocycles. The van der Waals surface area contributed by atoms with Crippen molar-refractivity contribution in [1.82, 2.24) is 19.6 Å². The van der Waals surface area contributed by atoms with Gasteiger partial charge in [-0.2, -0.15) is 4.98 Å². The SMILES string of the molecule is COCc1ccn2nc(S(=O)(=O)Cl)nc2n1. The molecule has 16 heavy (non-hydrogen) atoms. The van der Waals surface area contributed by atoms with Crippen molar-refractivity contribution in [2.45, 2.75) is 11.8 Å². The molecule has 0 aromatic carbocycles. The fourth-order valence-electron chi connectivity index (χ4n) is 1.13. The van der Waals surface area contributed by atoms with Crippen molar-refractivity contribution in [3.05, 3.63) is 18.0 Å². The molecule has 86 valence electrons. The van der Waals surface area contributed by atoms with Crippen LogP contribution in [-0.2, 0) is 20.4 Å². The number of nitrogens with zero attached hydrogens (tertiary/aromatic N) is 4. The molecular weight excluding hydrogens is 256 g/mol. The zero-order valence-corrected chi connectivity index (χ0v) is 9.73. The van der Waals surface area contributed by atoms with Crippen molar-refractivity contribution in [1.29, 1.82) is 0 Å². The van der Waals surface area contributed by atoms with Gasteiger partial charge in [0.1, 0.15) is 0 Å². The van der Waals surface area contributed by atoms with Crippen LogP contribution in [0.4, 0.5) is 0 Å². The molecule has 0 saturated carbocycles. The van der Waals surface area contributed by atoms with E-state index in [0.29, 0.717) is 12.3 Å². The molecule has 0 unspecified atom stereocenters. The van der Waals surface area contributed by atoms with Gasteiger partial charge in [-0.3, -0.25) is 0 Å². The predicted octanol–water partition coefficient (Wildman–Crippen LogP) is 0.198. The number of hydrogen-bond acceptors (Lipinski definition) is 6. The van der Waals surface area contributed by atoms with Crippen molar-refractivity contribution >= 4 is 25.5 Å². The van der Waals surface area contributed by atoms with Gasteiger partial charge in [-0.15, -0.1) is 5.10 Å². The number of aromatic nitrogens is 4. The first-order chi connectivity index (χ1) is 7.50. The van der Waals surface area contributed by atoms with E-state index in [1.165, 1.54) is 17.8 Å². The third kappa shape index (κ3) is 2.13. The third-order valence-corrected chi connectivity index (χ3v) is 2.78. The lowest BCUT2D eigenvalue weighted by Gasteiger charge is -1.97. The number of fused-ring (bicyclic) bond motifs is 1. The van der Waals surface area contributed by atoms with Gasteiger partial charge in [0.05, 0.1) is 12.3 Å². The molecule has 0 aliphatic carbocycles. The lowest BCUT2D eigenvalue weighted by Crippen LogP contribution is -1.96. The van der Waals surface area contributed by atoms with Crippen molar-refractivity contribution in [3.63, 3.8) is 0 Å². The average Bonchev–Trinajstić information content (AvgIpc) is 2.60. The van der Waals surface area contributed by atoms with Crippen LogP contribution in [-0.4, -0.2) is 35.1 Å². The maximum absolute atomic E-state index is 11.0. The Balaban J connectivity index is 2.54. The quantitative estimate of drug-likeness (QED) is 0.735. The summed E-state index contributed by atoms with van der Waals surface area (Å²) in [6, 6.07) is 1.65. The summed E-state index contributed by atoms with van der Waals surface area (Å²) in [4.78, 5) is 7.73. The van der Waals surface area contributed by atoms with E-state index in [4.69, 9.17) is 15.4 Å². The van der Waals surface area contributed by atoms with Crippen LogP contribution in [0.3, 0.4) is 0 Å². The summed E-state index contributed by atoms with van der Waals surface area (Å²) >= 11 is 0. The average molecular weight is 263 g/mol. The maximum Gasteiger partial charge on any atom is 0.298 e. The molecule has 0 fully saturated rings. The van der Waals surface area contributed by atoms with Gasteiger partial charge in [0, 0.05) is 24.0 Å². The Labute approximate surface area is 95.5 Å². The summed E-state index contributed by atoms with van der Waals surface area (Å²) in [7, 11) is 2.71. The van der Waals surface area contributed by atoms with Crippen molar-refractivity contribution in [2.24, 2.45) is 0 Å². The molecular formula is C7H7ClN4O3S. The number of rotatable bonds is 3. The number of halogens is 1. The van der Waals surface area contributed by atoms with Crippen LogP contribution in [0.25, 0.3) is 5.78 Å². The maximum atomic E-state index is 11.0. The largest absolute Gasteiger partial charge is 0.378 e. The Hall–Kier alpha value is -1.25. The summed E-state index contributed by atoms with van der Waals surface area (Å²) in [5, 5.41) is 3.21. The number of hydrogen-bond donors (Lipinski definition) is 0. The lowest BCUT2D eigenvalue weighted by atomic mass is 10.4. The molecule has 0 N–H and O–H groups in total. The van der Waals surface area contributed by atoms with E-state index in [-0.39, 0.29) is 5.78 Å². The van der Waals surface area contributed by atoms with Crippen molar-refractivity contribution in [3.8, 4) is 0 Å². The van der Waals surface area contributed by atoms with Crippen molar-refractivity contribution in [2.75, 3.05) is 7.11 Å². The van der Waals surface area contributed by atoms with Crippen LogP contribution in [0.15, 0.2) is 17.4 Å². The standard InChI is InChI=1S/C7H7ClN4O3S/c1-15-4-5-2-3-12-6(9-5)10-7(11-12)16(8,13)14/h2-3H,4H2,1H3. The minimum atomic E-state index is -3.93. The Kier molecular flexibility index (Phi) is 2.78. The molecule has 0 saturated heterocycles. The van der Waals surface area contributed by atoms with Gasteiger partial charge in [-0.1, -0.05) is 0 Å². The zero-order chi connectivity index (χ0) is 11.8. The topological polar surface area (TPSA) is 86.5 Å². The Morgan fingerprint density at radius 3 is 2.88 bits per heavy atom. The molecule has 9 heteroatoms. The van der Waals surface area contributed by atoms with Gasteiger partial charge in [0.25, 0.3) is 20.0 Å². The van der Waals surface area contributed by atoms with Gasteiger partial charge in [-0.25, -0.2) is 17.9 Å². The Morgan fingerprint density at radius 2 is 2.25 bits per heavy atom. The summed E-state index contributed by atoms with van der Waals surface area (Å²) in [6.45, 7) is 0.312. The van der Waals surface area contributed by atoms with Crippen LogP contribution >= 0.6 is 10.7 Å². The molecule has 0 atom stereocenters. The molecule has 0 bridgehead atoms. The Bertz CT molecular complexity index is 624. The second-order valence-corrected chi connectivity index (χ2v) is 5.39. The fraction of sp³-hybridized carbons (Fsp3) is 0.286.